The van der Waals surface area contributed by atoms with Crippen molar-refractivity contribution in [2.45, 2.75) is 25.8 Å². The highest BCUT2D eigenvalue weighted by Gasteiger charge is 2.29. The molecule has 0 saturated heterocycles. The van der Waals surface area contributed by atoms with E-state index in [1.54, 1.807) is 25.1 Å². The SMILES string of the molecule is Cc1c(NC(=O)OCC2c3ccccc3-c3ccccc32)cccc1C(=O)N(CCC(=O)O)Cc1ccccc1. The highest BCUT2D eigenvalue weighted by molar-refractivity contribution is 5.98. The molecule has 40 heavy (non-hydrogen) atoms. The molecule has 0 aromatic heterocycles. The number of fused-ring (bicyclic) bond motifs is 3. The second-order valence-electron chi connectivity index (χ2n) is 9.78. The Morgan fingerprint density at radius 3 is 2.10 bits per heavy atom. The summed E-state index contributed by atoms with van der Waals surface area (Å²) in [6, 6.07) is 30.8. The van der Waals surface area contributed by atoms with E-state index in [1.807, 2.05) is 54.6 Å². The maximum Gasteiger partial charge on any atom is 0.411 e. The molecule has 2 amide bonds. The highest BCUT2D eigenvalue weighted by Crippen LogP contribution is 2.44. The van der Waals surface area contributed by atoms with E-state index in [4.69, 9.17) is 4.74 Å². The molecule has 0 radical (unpaired) electrons. The van der Waals surface area contributed by atoms with Crippen LogP contribution in [0.5, 0.6) is 0 Å². The van der Waals surface area contributed by atoms with Crippen LogP contribution in [-0.4, -0.2) is 41.1 Å². The molecule has 4 aromatic carbocycles. The number of hydrogen-bond acceptors (Lipinski definition) is 4. The summed E-state index contributed by atoms with van der Waals surface area (Å²) in [4.78, 5) is 39.2. The van der Waals surface area contributed by atoms with Gasteiger partial charge < -0.3 is 14.7 Å². The first kappa shape index (κ1) is 26.7. The number of hydrogen-bond donors (Lipinski definition) is 2. The second-order valence-corrected chi connectivity index (χ2v) is 9.78. The van der Waals surface area contributed by atoms with Crippen molar-refractivity contribution in [1.82, 2.24) is 4.90 Å². The minimum Gasteiger partial charge on any atom is -0.481 e. The largest absolute Gasteiger partial charge is 0.481 e. The van der Waals surface area contributed by atoms with Crippen LogP contribution in [0.4, 0.5) is 10.5 Å². The lowest BCUT2D eigenvalue weighted by Gasteiger charge is -2.24. The summed E-state index contributed by atoms with van der Waals surface area (Å²) in [5.41, 5.74) is 6.87. The summed E-state index contributed by atoms with van der Waals surface area (Å²) in [5, 5.41) is 12.0. The maximum absolute atomic E-state index is 13.5. The van der Waals surface area contributed by atoms with E-state index < -0.39 is 12.1 Å². The Kier molecular flexibility index (Phi) is 7.92. The summed E-state index contributed by atoms with van der Waals surface area (Å²) >= 11 is 0. The first-order valence-electron chi connectivity index (χ1n) is 13.2. The molecule has 0 aliphatic heterocycles. The number of rotatable bonds is 9. The number of carbonyl (C=O) groups is 3. The van der Waals surface area contributed by atoms with Crippen LogP contribution in [0.3, 0.4) is 0 Å². The standard InChI is InChI=1S/C33H30N2O5/c1-22-24(32(38)35(19-18-31(36)37)20-23-10-3-2-4-11-23)16-9-17-30(22)34-33(39)40-21-29-27-14-7-5-12-25(27)26-13-6-8-15-28(26)29/h2-17,29H,18-21H2,1H3,(H,34,39)(H,36,37). The molecule has 5 rings (SSSR count). The van der Waals surface area contributed by atoms with Crippen LogP contribution in [0.2, 0.25) is 0 Å². The third kappa shape index (κ3) is 5.73. The number of amides is 2. The summed E-state index contributed by atoms with van der Waals surface area (Å²) in [7, 11) is 0. The van der Waals surface area contributed by atoms with Crippen LogP contribution in [0, 0.1) is 6.92 Å². The van der Waals surface area contributed by atoms with Crippen LogP contribution in [0.25, 0.3) is 11.1 Å². The third-order valence-electron chi connectivity index (χ3n) is 7.24. The molecule has 7 heteroatoms. The molecule has 0 unspecified atom stereocenters. The Labute approximate surface area is 233 Å². The Hall–Kier alpha value is -4.91. The first-order valence-corrected chi connectivity index (χ1v) is 13.2. The van der Waals surface area contributed by atoms with Crippen LogP contribution in [-0.2, 0) is 16.1 Å². The lowest BCUT2D eigenvalue weighted by Crippen LogP contribution is -2.33. The fraction of sp³-hybridized carbons (Fsp3) is 0.182. The summed E-state index contributed by atoms with van der Waals surface area (Å²) in [6.45, 7) is 2.27. The van der Waals surface area contributed by atoms with E-state index >= 15 is 0 Å². The predicted molar refractivity (Wildman–Crippen MR) is 153 cm³/mol. The van der Waals surface area contributed by atoms with Gasteiger partial charge in [-0.2, -0.15) is 0 Å². The predicted octanol–water partition coefficient (Wildman–Crippen LogP) is 6.47. The van der Waals surface area contributed by atoms with Crippen LogP contribution >= 0.6 is 0 Å². The first-order chi connectivity index (χ1) is 19.4. The van der Waals surface area contributed by atoms with Crippen molar-refractivity contribution in [3.05, 3.63) is 125 Å². The number of carbonyl (C=O) groups excluding carboxylic acids is 2. The zero-order valence-corrected chi connectivity index (χ0v) is 22.2. The average Bonchev–Trinajstić information content (AvgIpc) is 3.29. The van der Waals surface area contributed by atoms with E-state index in [0.717, 1.165) is 27.8 Å². The number of anilines is 1. The molecular weight excluding hydrogens is 504 g/mol. The average molecular weight is 535 g/mol. The van der Waals surface area contributed by atoms with Gasteiger partial charge in [0, 0.05) is 30.3 Å². The zero-order chi connectivity index (χ0) is 28.1. The normalized spacial score (nSPS) is 11.8. The van der Waals surface area contributed by atoms with Gasteiger partial charge in [-0.05, 0) is 52.4 Å². The molecule has 0 bridgehead atoms. The van der Waals surface area contributed by atoms with Gasteiger partial charge in [0.05, 0.1) is 6.42 Å². The van der Waals surface area contributed by atoms with Crippen LogP contribution in [0.1, 0.15) is 45.0 Å². The molecular formula is C33H30N2O5. The monoisotopic (exact) mass is 534 g/mol. The molecule has 202 valence electrons. The van der Waals surface area contributed by atoms with Gasteiger partial charge in [-0.1, -0.05) is 84.9 Å². The second kappa shape index (κ2) is 11.9. The summed E-state index contributed by atoms with van der Waals surface area (Å²) in [6.07, 6.45) is -0.781. The molecule has 0 spiro atoms. The fourth-order valence-corrected chi connectivity index (χ4v) is 5.20. The van der Waals surface area contributed by atoms with Crippen molar-refractivity contribution in [3.8, 4) is 11.1 Å². The topological polar surface area (TPSA) is 95.9 Å². The molecule has 4 aromatic rings. The van der Waals surface area contributed by atoms with Crippen molar-refractivity contribution >= 4 is 23.7 Å². The molecule has 0 fully saturated rings. The number of benzene rings is 4. The molecule has 1 aliphatic rings. The van der Waals surface area contributed by atoms with E-state index in [0.29, 0.717) is 16.8 Å². The number of aliphatic carboxylic acids is 1. The summed E-state index contributed by atoms with van der Waals surface area (Å²) in [5.74, 6) is -1.35. The van der Waals surface area contributed by atoms with Gasteiger partial charge in [-0.15, -0.1) is 0 Å². The van der Waals surface area contributed by atoms with Gasteiger partial charge >= 0.3 is 12.1 Å². The fourth-order valence-electron chi connectivity index (χ4n) is 5.20. The van der Waals surface area contributed by atoms with Gasteiger partial charge in [-0.3, -0.25) is 14.9 Å². The lowest BCUT2D eigenvalue weighted by molar-refractivity contribution is -0.137. The minimum atomic E-state index is -0.978. The number of nitrogens with zero attached hydrogens (tertiary/aromatic N) is 1. The van der Waals surface area contributed by atoms with Crippen molar-refractivity contribution < 1.29 is 24.2 Å². The lowest BCUT2D eigenvalue weighted by atomic mass is 9.98. The van der Waals surface area contributed by atoms with Crippen LogP contribution in [0.15, 0.2) is 97.1 Å². The summed E-state index contributed by atoms with van der Waals surface area (Å²) < 4.78 is 5.68. The van der Waals surface area contributed by atoms with Gasteiger partial charge in [0.1, 0.15) is 6.61 Å². The maximum atomic E-state index is 13.5. The Balaban J connectivity index is 1.29. The third-order valence-corrected chi connectivity index (χ3v) is 7.24. The smallest absolute Gasteiger partial charge is 0.411 e. The molecule has 0 saturated carbocycles. The van der Waals surface area contributed by atoms with Gasteiger partial charge in [0.2, 0.25) is 0 Å². The molecule has 0 atom stereocenters. The van der Waals surface area contributed by atoms with Crippen molar-refractivity contribution in [3.63, 3.8) is 0 Å². The van der Waals surface area contributed by atoms with Crippen molar-refractivity contribution in [2.75, 3.05) is 18.5 Å². The molecule has 2 N–H and O–H groups in total. The van der Waals surface area contributed by atoms with Gasteiger partial charge in [0.25, 0.3) is 5.91 Å². The van der Waals surface area contributed by atoms with Crippen molar-refractivity contribution in [1.29, 1.82) is 0 Å². The molecule has 1 aliphatic carbocycles. The Morgan fingerprint density at radius 1 is 0.825 bits per heavy atom. The Bertz CT molecular complexity index is 1500. The quantitative estimate of drug-likeness (QED) is 0.256. The van der Waals surface area contributed by atoms with E-state index in [-0.39, 0.29) is 37.9 Å². The van der Waals surface area contributed by atoms with Crippen LogP contribution < -0.4 is 5.32 Å². The molecule has 7 nitrogen and oxygen atoms in total. The molecule has 0 heterocycles. The minimum absolute atomic E-state index is 0.0620. The number of carboxylic acids is 1. The number of carboxylic acid groups (broad SMARTS) is 1. The zero-order valence-electron chi connectivity index (χ0n) is 22.2. The van der Waals surface area contributed by atoms with E-state index in [9.17, 15) is 19.5 Å². The van der Waals surface area contributed by atoms with E-state index in [1.165, 1.54) is 4.90 Å². The van der Waals surface area contributed by atoms with E-state index in [2.05, 4.69) is 29.6 Å². The van der Waals surface area contributed by atoms with Crippen molar-refractivity contribution in [2.24, 2.45) is 0 Å². The van der Waals surface area contributed by atoms with Gasteiger partial charge in [0.15, 0.2) is 0 Å². The van der Waals surface area contributed by atoms with Gasteiger partial charge in [-0.25, -0.2) is 4.79 Å². The number of nitrogens with one attached hydrogen (secondary N) is 1. The highest BCUT2D eigenvalue weighted by atomic mass is 16.5. The number of ether oxygens (including phenoxy) is 1. The Morgan fingerprint density at radius 2 is 1.45 bits per heavy atom.